The van der Waals surface area contributed by atoms with Crippen molar-refractivity contribution in [1.82, 2.24) is 9.88 Å². The number of nitrogens with zero attached hydrogens (tertiary/aromatic N) is 3. The van der Waals surface area contributed by atoms with Crippen LogP contribution in [0.4, 0.5) is 5.69 Å². The SMILES string of the molecule is Cc1ccc(N2C(=O)C[C@@H](N3CCC(c4nc5ccccc5s4)CC3)C2=O)c(C)c1. The highest BCUT2D eigenvalue weighted by atomic mass is 32.1. The molecular formula is C24H25N3O2S. The average Bonchev–Trinajstić information content (AvgIpc) is 3.30. The lowest BCUT2D eigenvalue weighted by molar-refractivity contribution is -0.123. The van der Waals surface area contributed by atoms with Crippen molar-refractivity contribution in [2.24, 2.45) is 0 Å². The van der Waals surface area contributed by atoms with E-state index >= 15 is 0 Å². The van der Waals surface area contributed by atoms with Crippen LogP contribution in [0.1, 0.15) is 41.3 Å². The number of likely N-dealkylation sites (tertiary alicyclic amines) is 1. The fourth-order valence-corrected chi connectivity index (χ4v) is 5.87. The van der Waals surface area contributed by atoms with Gasteiger partial charge in [-0.3, -0.25) is 14.5 Å². The quantitative estimate of drug-likeness (QED) is 0.590. The molecule has 2 aliphatic rings. The number of hydrogen-bond acceptors (Lipinski definition) is 5. The number of piperidine rings is 1. The molecule has 1 atom stereocenters. The summed E-state index contributed by atoms with van der Waals surface area (Å²) in [7, 11) is 0. The monoisotopic (exact) mass is 419 g/mol. The van der Waals surface area contributed by atoms with E-state index in [9.17, 15) is 9.59 Å². The van der Waals surface area contributed by atoms with Crippen LogP contribution in [0, 0.1) is 13.8 Å². The molecule has 3 heterocycles. The standard InChI is InChI=1S/C24H25N3O2S/c1-15-7-8-19(16(2)13-15)27-22(28)14-20(24(27)29)26-11-9-17(10-12-26)23-25-18-5-3-4-6-21(18)30-23/h3-8,13,17,20H,9-12,14H2,1-2H3/t20-/m1/s1. The molecule has 0 radical (unpaired) electrons. The van der Waals surface area contributed by atoms with Crippen molar-refractivity contribution in [1.29, 1.82) is 0 Å². The minimum absolute atomic E-state index is 0.0783. The first-order chi connectivity index (χ1) is 14.5. The minimum atomic E-state index is -0.338. The molecule has 0 saturated carbocycles. The van der Waals surface area contributed by atoms with E-state index in [1.54, 1.807) is 11.3 Å². The average molecular weight is 420 g/mol. The van der Waals surface area contributed by atoms with Gasteiger partial charge in [0.05, 0.1) is 33.4 Å². The maximum absolute atomic E-state index is 13.2. The fraction of sp³-hybridized carbons (Fsp3) is 0.375. The summed E-state index contributed by atoms with van der Waals surface area (Å²) in [4.78, 5) is 34.3. The Kier molecular flexibility index (Phi) is 4.91. The predicted molar refractivity (Wildman–Crippen MR) is 120 cm³/mol. The van der Waals surface area contributed by atoms with Gasteiger partial charge in [0, 0.05) is 5.92 Å². The highest BCUT2D eigenvalue weighted by molar-refractivity contribution is 7.18. The Morgan fingerprint density at radius 1 is 1.03 bits per heavy atom. The molecule has 30 heavy (non-hydrogen) atoms. The molecule has 0 aliphatic carbocycles. The van der Waals surface area contributed by atoms with Gasteiger partial charge < -0.3 is 0 Å². The molecule has 2 saturated heterocycles. The van der Waals surface area contributed by atoms with Crippen LogP contribution < -0.4 is 4.90 Å². The Morgan fingerprint density at radius 2 is 1.80 bits per heavy atom. The van der Waals surface area contributed by atoms with Gasteiger partial charge in [-0.2, -0.15) is 0 Å². The number of carbonyl (C=O) groups is 2. The van der Waals surface area contributed by atoms with Gasteiger partial charge >= 0.3 is 0 Å². The van der Waals surface area contributed by atoms with Gasteiger partial charge in [-0.1, -0.05) is 29.8 Å². The van der Waals surface area contributed by atoms with Crippen molar-refractivity contribution in [3.8, 4) is 0 Å². The number of thiazole rings is 1. The number of anilines is 1. The second-order valence-electron chi connectivity index (χ2n) is 8.41. The molecule has 1 aromatic heterocycles. The second-order valence-corrected chi connectivity index (χ2v) is 9.47. The van der Waals surface area contributed by atoms with E-state index in [-0.39, 0.29) is 24.3 Å². The van der Waals surface area contributed by atoms with E-state index in [0.29, 0.717) is 5.92 Å². The molecule has 6 heteroatoms. The number of amides is 2. The van der Waals surface area contributed by atoms with E-state index < -0.39 is 0 Å². The maximum Gasteiger partial charge on any atom is 0.251 e. The summed E-state index contributed by atoms with van der Waals surface area (Å²) < 4.78 is 1.23. The normalized spacial score (nSPS) is 21.1. The van der Waals surface area contributed by atoms with Crippen LogP contribution in [0.15, 0.2) is 42.5 Å². The minimum Gasteiger partial charge on any atom is -0.291 e. The highest BCUT2D eigenvalue weighted by Crippen LogP contribution is 2.36. The van der Waals surface area contributed by atoms with E-state index in [1.807, 2.05) is 38.1 Å². The van der Waals surface area contributed by atoms with Crippen LogP contribution in [-0.4, -0.2) is 40.8 Å². The Hall–Kier alpha value is -2.57. The summed E-state index contributed by atoms with van der Waals surface area (Å²) >= 11 is 1.78. The molecule has 0 bridgehead atoms. The lowest BCUT2D eigenvalue weighted by Gasteiger charge is -2.34. The molecule has 5 rings (SSSR count). The molecule has 2 aliphatic heterocycles. The number of rotatable bonds is 3. The Bertz CT molecular complexity index is 1100. The molecule has 3 aromatic rings. The second kappa shape index (κ2) is 7.60. The molecule has 2 fully saturated rings. The van der Waals surface area contributed by atoms with Gasteiger partial charge in [0.2, 0.25) is 5.91 Å². The van der Waals surface area contributed by atoms with Crippen molar-refractivity contribution in [3.05, 3.63) is 58.6 Å². The molecular weight excluding hydrogens is 394 g/mol. The number of benzene rings is 2. The van der Waals surface area contributed by atoms with Crippen LogP contribution >= 0.6 is 11.3 Å². The van der Waals surface area contributed by atoms with Gasteiger partial charge in [-0.15, -0.1) is 11.3 Å². The number of carbonyl (C=O) groups excluding carboxylic acids is 2. The zero-order chi connectivity index (χ0) is 20.8. The van der Waals surface area contributed by atoms with Gasteiger partial charge in [0.1, 0.15) is 0 Å². The van der Waals surface area contributed by atoms with Crippen molar-refractivity contribution in [2.45, 2.75) is 45.1 Å². The smallest absolute Gasteiger partial charge is 0.251 e. The topological polar surface area (TPSA) is 53.5 Å². The molecule has 0 N–H and O–H groups in total. The van der Waals surface area contributed by atoms with Crippen LogP contribution in [0.5, 0.6) is 0 Å². The first-order valence-corrected chi connectivity index (χ1v) is 11.4. The third kappa shape index (κ3) is 3.34. The van der Waals surface area contributed by atoms with Gasteiger partial charge in [-0.25, -0.2) is 9.88 Å². The predicted octanol–water partition coefficient (Wildman–Crippen LogP) is 4.42. The van der Waals surface area contributed by atoms with E-state index in [2.05, 4.69) is 23.1 Å². The van der Waals surface area contributed by atoms with Crippen LogP contribution in [-0.2, 0) is 9.59 Å². The summed E-state index contributed by atoms with van der Waals surface area (Å²) in [5, 5.41) is 1.20. The molecule has 0 unspecified atom stereocenters. The zero-order valence-corrected chi connectivity index (χ0v) is 18.1. The van der Waals surface area contributed by atoms with Crippen molar-refractivity contribution in [3.63, 3.8) is 0 Å². The summed E-state index contributed by atoms with van der Waals surface area (Å²) in [6.45, 7) is 5.62. The fourth-order valence-electron chi connectivity index (χ4n) is 4.73. The maximum atomic E-state index is 13.2. The number of para-hydroxylation sites is 1. The number of fused-ring (bicyclic) bond motifs is 1. The van der Waals surface area contributed by atoms with E-state index in [4.69, 9.17) is 4.98 Å². The van der Waals surface area contributed by atoms with Crippen molar-refractivity contribution >= 4 is 39.1 Å². The highest BCUT2D eigenvalue weighted by Gasteiger charge is 2.44. The number of aromatic nitrogens is 1. The molecule has 154 valence electrons. The Balaban J connectivity index is 1.29. The third-order valence-electron chi connectivity index (χ3n) is 6.35. The largest absolute Gasteiger partial charge is 0.291 e. The first kappa shape index (κ1) is 19.4. The Labute approximate surface area is 180 Å². The van der Waals surface area contributed by atoms with Crippen LogP contribution in [0.2, 0.25) is 0 Å². The molecule has 5 nitrogen and oxygen atoms in total. The lowest BCUT2D eigenvalue weighted by atomic mass is 9.96. The first-order valence-electron chi connectivity index (χ1n) is 10.5. The summed E-state index contributed by atoms with van der Waals surface area (Å²) in [6, 6.07) is 13.8. The van der Waals surface area contributed by atoms with Gasteiger partial charge in [-0.05, 0) is 63.5 Å². The number of hydrogen-bond donors (Lipinski definition) is 0. The summed E-state index contributed by atoms with van der Waals surface area (Å²) in [5.74, 6) is 0.261. The lowest BCUT2D eigenvalue weighted by Crippen LogP contribution is -2.45. The van der Waals surface area contributed by atoms with Gasteiger partial charge in [0.25, 0.3) is 5.91 Å². The van der Waals surface area contributed by atoms with Crippen LogP contribution in [0.25, 0.3) is 10.2 Å². The molecule has 2 aromatic carbocycles. The molecule has 0 spiro atoms. The number of imide groups is 1. The van der Waals surface area contributed by atoms with Crippen LogP contribution in [0.3, 0.4) is 0 Å². The third-order valence-corrected chi connectivity index (χ3v) is 7.54. The van der Waals surface area contributed by atoms with Crippen molar-refractivity contribution in [2.75, 3.05) is 18.0 Å². The summed E-state index contributed by atoms with van der Waals surface area (Å²) in [6.07, 6.45) is 2.22. The van der Waals surface area contributed by atoms with E-state index in [0.717, 1.165) is 48.3 Å². The zero-order valence-electron chi connectivity index (χ0n) is 17.3. The number of aryl methyl sites for hydroxylation is 2. The Morgan fingerprint density at radius 3 is 2.53 bits per heavy atom. The van der Waals surface area contributed by atoms with Gasteiger partial charge in [0.15, 0.2) is 0 Å². The van der Waals surface area contributed by atoms with Crippen molar-refractivity contribution < 1.29 is 9.59 Å². The summed E-state index contributed by atoms with van der Waals surface area (Å²) in [5.41, 5.74) is 3.89. The van der Waals surface area contributed by atoms with E-state index in [1.165, 1.54) is 14.6 Å². The molecule has 2 amide bonds.